The van der Waals surface area contributed by atoms with Gasteiger partial charge in [0.1, 0.15) is 0 Å². The van der Waals surface area contributed by atoms with Crippen LogP contribution in [-0.2, 0) is 6.42 Å². The molecule has 2 saturated heterocycles. The van der Waals surface area contributed by atoms with E-state index in [1.807, 2.05) is 5.38 Å². The number of hydrogen-bond acceptors (Lipinski definition) is 3. The van der Waals surface area contributed by atoms with E-state index in [1.165, 1.54) is 5.56 Å². The van der Waals surface area contributed by atoms with E-state index < -0.39 is 0 Å². The van der Waals surface area contributed by atoms with Gasteiger partial charge >= 0.3 is 0 Å². The van der Waals surface area contributed by atoms with Crippen molar-refractivity contribution >= 4 is 17.2 Å². The second-order valence-electron chi connectivity index (χ2n) is 5.02. The van der Waals surface area contributed by atoms with Crippen LogP contribution in [0.5, 0.6) is 0 Å². The quantitative estimate of drug-likeness (QED) is 0.865. The number of fused-ring (bicyclic) bond motifs is 1. The lowest BCUT2D eigenvalue weighted by Crippen LogP contribution is -2.31. The van der Waals surface area contributed by atoms with Crippen LogP contribution in [0.1, 0.15) is 22.2 Å². The van der Waals surface area contributed by atoms with Crippen LogP contribution in [-0.4, -0.2) is 37.0 Å². The van der Waals surface area contributed by atoms with Gasteiger partial charge in [0.05, 0.1) is 4.88 Å². The molecule has 4 heteroatoms. The third-order valence-corrected chi connectivity index (χ3v) is 4.94. The van der Waals surface area contributed by atoms with Crippen molar-refractivity contribution in [1.82, 2.24) is 10.2 Å². The minimum absolute atomic E-state index is 0.256. The van der Waals surface area contributed by atoms with Crippen molar-refractivity contribution in [2.24, 2.45) is 11.8 Å². The van der Waals surface area contributed by atoms with Gasteiger partial charge in [0, 0.05) is 26.2 Å². The number of nitrogens with one attached hydrogen (secondary N) is 1. The van der Waals surface area contributed by atoms with E-state index in [4.69, 9.17) is 0 Å². The van der Waals surface area contributed by atoms with Crippen molar-refractivity contribution < 1.29 is 4.79 Å². The molecule has 3 rings (SSSR count). The van der Waals surface area contributed by atoms with Crippen molar-refractivity contribution in [3.63, 3.8) is 0 Å². The summed E-state index contributed by atoms with van der Waals surface area (Å²) >= 11 is 1.59. The summed E-state index contributed by atoms with van der Waals surface area (Å²) in [7, 11) is 0. The van der Waals surface area contributed by atoms with E-state index in [0.29, 0.717) is 11.8 Å². The first-order valence-corrected chi connectivity index (χ1v) is 7.24. The average Bonchev–Trinajstić information content (AvgIpc) is 3.02. The minimum atomic E-state index is 0.256. The molecular weight excluding hydrogens is 232 g/mol. The lowest BCUT2D eigenvalue weighted by molar-refractivity contribution is 0.0785. The van der Waals surface area contributed by atoms with Gasteiger partial charge in [-0.25, -0.2) is 0 Å². The standard InChI is InChI=1S/C13H18N2OS/c1-2-9-3-4-17-12(9)13(16)15-7-10-5-14-6-11(10)8-15/h3-4,10-11,14H,2,5-8H2,1H3. The first-order chi connectivity index (χ1) is 8.29. The largest absolute Gasteiger partial charge is 0.337 e. The number of likely N-dealkylation sites (tertiary alicyclic amines) is 1. The Morgan fingerprint density at radius 1 is 1.47 bits per heavy atom. The first kappa shape index (κ1) is 11.2. The first-order valence-electron chi connectivity index (χ1n) is 6.36. The maximum Gasteiger partial charge on any atom is 0.264 e. The molecule has 0 aliphatic carbocycles. The summed E-state index contributed by atoms with van der Waals surface area (Å²) in [6, 6.07) is 2.08. The van der Waals surface area contributed by atoms with Crippen molar-refractivity contribution in [1.29, 1.82) is 0 Å². The van der Waals surface area contributed by atoms with E-state index in [-0.39, 0.29) is 5.91 Å². The fraction of sp³-hybridized carbons (Fsp3) is 0.615. The van der Waals surface area contributed by atoms with Crippen molar-refractivity contribution in [3.05, 3.63) is 21.9 Å². The van der Waals surface area contributed by atoms with Crippen molar-refractivity contribution in [3.8, 4) is 0 Å². The third kappa shape index (κ3) is 1.89. The number of rotatable bonds is 2. The highest BCUT2D eigenvalue weighted by atomic mass is 32.1. The maximum absolute atomic E-state index is 12.4. The normalized spacial score (nSPS) is 27.5. The Hall–Kier alpha value is -0.870. The Bertz CT molecular complexity index is 417. The van der Waals surface area contributed by atoms with Crippen molar-refractivity contribution in [2.45, 2.75) is 13.3 Å². The van der Waals surface area contributed by atoms with Crippen LogP contribution >= 0.6 is 11.3 Å². The SMILES string of the molecule is CCc1ccsc1C(=O)N1CC2CNCC2C1. The molecule has 0 radical (unpaired) electrons. The molecule has 1 amide bonds. The van der Waals surface area contributed by atoms with Gasteiger partial charge in [-0.15, -0.1) is 11.3 Å². The molecule has 2 atom stereocenters. The highest BCUT2D eigenvalue weighted by Crippen LogP contribution is 2.29. The molecule has 0 saturated carbocycles. The number of hydrogen-bond donors (Lipinski definition) is 1. The molecule has 0 bridgehead atoms. The molecule has 1 aromatic heterocycles. The monoisotopic (exact) mass is 250 g/mol. The third-order valence-electron chi connectivity index (χ3n) is 4.00. The fourth-order valence-corrected chi connectivity index (χ4v) is 3.93. The summed E-state index contributed by atoms with van der Waals surface area (Å²) in [4.78, 5) is 15.5. The molecule has 0 aromatic carbocycles. The fourth-order valence-electron chi connectivity index (χ4n) is 2.97. The molecule has 2 fully saturated rings. The summed E-state index contributed by atoms with van der Waals surface area (Å²) in [5, 5.41) is 5.44. The molecule has 0 spiro atoms. The summed E-state index contributed by atoms with van der Waals surface area (Å²) in [6.07, 6.45) is 0.951. The molecule has 2 unspecified atom stereocenters. The Balaban J connectivity index is 1.75. The molecule has 2 aliphatic heterocycles. The second kappa shape index (κ2) is 4.42. The van der Waals surface area contributed by atoms with Gasteiger partial charge in [0.15, 0.2) is 0 Å². The maximum atomic E-state index is 12.4. The lowest BCUT2D eigenvalue weighted by atomic mass is 10.0. The molecular formula is C13H18N2OS. The molecule has 2 aliphatic rings. The van der Waals surface area contributed by atoms with Crippen LogP contribution in [0, 0.1) is 11.8 Å². The van der Waals surface area contributed by atoms with Gasteiger partial charge in [-0.3, -0.25) is 4.79 Å². The van der Waals surface area contributed by atoms with Crippen LogP contribution in [0.2, 0.25) is 0 Å². The van der Waals surface area contributed by atoms with Crippen LogP contribution in [0.3, 0.4) is 0 Å². The van der Waals surface area contributed by atoms with E-state index in [2.05, 4.69) is 23.2 Å². The van der Waals surface area contributed by atoms with Crippen molar-refractivity contribution in [2.75, 3.05) is 26.2 Å². The molecule has 3 nitrogen and oxygen atoms in total. The van der Waals surface area contributed by atoms with Crippen LogP contribution in [0.4, 0.5) is 0 Å². The zero-order chi connectivity index (χ0) is 11.8. The Kier molecular flexibility index (Phi) is 2.92. The zero-order valence-electron chi connectivity index (χ0n) is 10.1. The zero-order valence-corrected chi connectivity index (χ0v) is 10.9. The van der Waals surface area contributed by atoms with Crippen LogP contribution < -0.4 is 5.32 Å². The van der Waals surface area contributed by atoms with Gasteiger partial charge in [0.25, 0.3) is 5.91 Å². The molecule has 92 valence electrons. The van der Waals surface area contributed by atoms with Crippen LogP contribution in [0.25, 0.3) is 0 Å². The summed E-state index contributed by atoms with van der Waals surface area (Å²) < 4.78 is 0. The number of carbonyl (C=O) groups is 1. The summed E-state index contributed by atoms with van der Waals surface area (Å²) in [6.45, 7) is 6.16. The molecule has 17 heavy (non-hydrogen) atoms. The van der Waals surface area contributed by atoms with Crippen LogP contribution in [0.15, 0.2) is 11.4 Å². The second-order valence-corrected chi connectivity index (χ2v) is 5.93. The van der Waals surface area contributed by atoms with Gasteiger partial charge in [-0.2, -0.15) is 0 Å². The van der Waals surface area contributed by atoms with E-state index in [1.54, 1.807) is 11.3 Å². The predicted molar refractivity (Wildman–Crippen MR) is 69.5 cm³/mol. The topological polar surface area (TPSA) is 32.3 Å². The van der Waals surface area contributed by atoms with E-state index >= 15 is 0 Å². The van der Waals surface area contributed by atoms with Gasteiger partial charge in [-0.1, -0.05) is 6.92 Å². The molecule has 3 heterocycles. The smallest absolute Gasteiger partial charge is 0.264 e. The van der Waals surface area contributed by atoms with E-state index in [0.717, 1.165) is 37.5 Å². The number of thiophene rings is 1. The number of amides is 1. The molecule has 1 N–H and O–H groups in total. The van der Waals surface area contributed by atoms with Gasteiger partial charge < -0.3 is 10.2 Å². The number of nitrogens with zero attached hydrogens (tertiary/aromatic N) is 1. The number of carbonyl (C=O) groups excluding carboxylic acids is 1. The Labute approximate surface area is 106 Å². The average molecular weight is 250 g/mol. The van der Waals surface area contributed by atoms with E-state index in [9.17, 15) is 4.79 Å². The highest BCUT2D eigenvalue weighted by molar-refractivity contribution is 7.12. The highest BCUT2D eigenvalue weighted by Gasteiger charge is 2.38. The van der Waals surface area contributed by atoms with Gasteiger partial charge in [-0.05, 0) is 35.3 Å². The van der Waals surface area contributed by atoms with Gasteiger partial charge in [0.2, 0.25) is 0 Å². The predicted octanol–water partition coefficient (Wildman–Crippen LogP) is 1.60. The minimum Gasteiger partial charge on any atom is -0.337 e. The summed E-state index contributed by atoms with van der Waals surface area (Å²) in [5.74, 6) is 1.62. The number of aryl methyl sites for hydroxylation is 1. The summed E-state index contributed by atoms with van der Waals surface area (Å²) in [5.41, 5.74) is 1.20. The lowest BCUT2D eigenvalue weighted by Gasteiger charge is -2.17. The molecule has 1 aromatic rings. The Morgan fingerprint density at radius 2 is 2.18 bits per heavy atom. The Morgan fingerprint density at radius 3 is 2.82 bits per heavy atom.